The zero-order valence-electron chi connectivity index (χ0n) is 22.7. The number of nitrogens with two attached hydrogens (primary N) is 1. The molecule has 0 saturated heterocycles. The highest BCUT2D eigenvalue weighted by Gasteiger charge is 2.18. The first-order chi connectivity index (χ1) is 16.5. The summed E-state index contributed by atoms with van der Waals surface area (Å²) in [5.41, 5.74) is 16.8. The maximum Gasteiger partial charge on any atom is 0.124 e. The molecule has 0 spiro atoms. The second-order valence-electron chi connectivity index (χ2n) is 10.9. The zero-order valence-corrected chi connectivity index (χ0v) is 22.7. The number of benzene rings is 3. The largest absolute Gasteiger partial charge is 0.507 e. The summed E-state index contributed by atoms with van der Waals surface area (Å²) < 4.78 is 0. The molecule has 0 unspecified atom stereocenters. The summed E-state index contributed by atoms with van der Waals surface area (Å²) in [6, 6.07) is 16.5. The molecular formula is C32H42N2O. The third kappa shape index (κ3) is 6.14. The van der Waals surface area contributed by atoms with E-state index < -0.39 is 0 Å². The first-order valence-electron chi connectivity index (χ1n) is 12.9. The molecule has 0 radical (unpaired) electrons. The van der Waals surface area contributed by atoms with Crippen molar-refractivity contribution in [2.45, 2.75) is 85.5 Å². The van der Waals surface area contributed by atoms with Gasteiger partial charge >= 0.3 is 0 Å². The highest BCUT2D eigenvalue weighted by Crippen LogP contribution is 2.38. The minimum absolute atomic E-state index is 0.246. The van der Waals surface area contributed by atoms with Gasteiger partial charge in [-0.25, -0.2) is 0 Å². The zero-order chi connectivity index (χ0) is 25.9. The fourth-order valence-corrected chi connectivity index (χ4v) is 4.66. The van der Waals surface area contributed by atoms with E-state index in [0.29, 0.717) is 23.7 Å². The van der Waals surface area contributed by atoms with Crippen LogP contribution < -0.4 is 5.73 Å². The Hall–Kier alpha value is -3.07. The Morgan fingerprint density at radius 3 is 1.57 bits per heavy atom. The number of phenols is 1. The molecular weight excluding hydrogens is 428 g/mol. The average molecular weight is 471 g/mol. The number of anilines is 1. The van der Waals surface area contributed by atoms with Crippen molar-refractivity contribution in [3.05, 3.63) is 87.5 Å². The van der Waals surface area contributed by atoms with Crippen LogP contribution >= 0.6 is 0 Å². The molecule has 3 aromatic rings. The lowest BCUT2D eigenvalue weighted by atomic mass is 9.86. The van der Waals surface area contributed by atoms with Crippen LogP contribution in [0.1, 0.15) is 118 Å². The molecule has 0 aliphatic rings. The van der Waals surface area contributed by atoms with E-state index in [2.05, 4.69) is 79.7 Å². The predicted octanol–water partition coefficient (Wildman–Crippen LogP) is 8.81. The lowest BCUT2D eigenvalue weighted by molar-refractivity contribution is 0.474. The van der Waals surface area contributed by atoms with Crippen molar-refractivity contribution >= 4 is 17.6 Å². The van der Waals surface area contributed by atoms with Crippen LogP contribution in [0.5, 0.6) is 5.75 Å². The second-order valence-corrected chi connectivity index (χ2v) is 10.9. The summed E-state index contributed by atoms with van der Waals surface area (Å²) in [6.45, 7) is 17.7. The molecule has 0 saturated carbocycles. The molecule has 3 N–H and O–H groups in total. The van der Waals surface area contributed by atoms with E-state index in [9.17, 15) is 5.11 Å². The van der Waals surface area contributed by atoms with Crippen LogP contribution in [-0.4, -0.2) is 11.3 Å². The van der Waals surface area contributed by atoms with Gasteiger partial charge in [0.25, 0.3) is 0 Å². The maximum atomic E-state index is 10.2. The number of hydrogen-bond donors (Lipinski definition) is 2. The van der Waals surface area contributed by atoms with Crippen LogP contribution in [-0.2, 0) is 6.42 Å². The van der Waals surface area contributed by atoms with Crippen LogP contribution in [0.25, 0.3) is 0 Å². The monoisotopic (exact) mass is 470 g/mol. The van der Waals surface area contributed by atoms with Crippen molar-refractivity contribution in [1.29, 1.82) is 0 Å². The minimum Gasteiger partial charge on any atom is -0.507 e. The number of para-hydroxylation sites is 1. The number of nitrogen functional groups attached to an aromatic ring is 1. The van der Waals surface area contributed by atoms with E-state index >= 15 is 0 Å². The third-order valence-corrected chi connectivity index (χ3v) is 6.70. The van der Waals surface area contributed by atoms with Crippen molar-refractivity contribution in [2.75, 3.05) is 5.73 Å². The van der Waals surface area contributed by atoms with Gasteiger partial charge in [0.1, 0.15) is 5.75 Å². The smallest absolute Gasteiger partial charge is 0.124 e. The molecule has 35 heavy (non-hydrogen) atoms. The first kappa shape index (κ1) is 26.5. The fraction of sp³-hybridized carbons (Fsp3) is 0.406. The van der Waals surface area contributed by atoms with Crippen molar-refractivity contribution in [2.24, 2.45) is 4.99 Å². The van der Waals surface area contributed by atoms with Gasteiger partial charge in [0.05, 0.1) is 5.69 Å². The van der Waals surface area contributed by atoms with Gasteiger partial charge < -0.3 is 10.8 Å². The van der Waals surface area contributed by atoms with Gasteiger partial charge in [0, 0.05) is 17.5 Å². The Labute approximate surface area is 212 Å². The van der Waals surface area contributed by atoms with Gasteiger partial charge in [0.15, 0.2) is 0 Å². The van der Waals surface area contributed by atoms with Crippen LogP contribution in [0.2, 0.25) is 0 Å². The number of hydrogen-bond acceptors (Lipinski definition) is 3. The summed E-state index contributed by atoms with van der Waals surface area (Å²) in [5, 5.41) is 10.2. The lowest BCUT2D eigenvalue weighted by Crippen LogP contribution is -2.06. The molecule has 3 nitrogen and oxygen atoms in total. The number of nitrogens with zero attached hydrogens (tertiary/aromatic N) is 1. The van der Waals surface area contributed by atoms with Crippen molar-refractivity contribution in [3.63, 3.8) is 0 Å². The standard InChI is InChI=1S/C32H42N2O/c1-19(2)26-14-23(15-27(20(3)4)31(26)33)13-24-16-28(21(5)6)32(29(17-24)22(7)8)34-18-25-11-9-10-12-30(25)35/h9-12,14-22,35H,13,33H2,1-8H3/b34-18+. The molecule has 0 fully saturated rings. The van der Waals surface area contributed by atoms with Crippen LogP contribution in [0.15, 0.2) is 53.5 Å². The molecule has 0 aliphatic heterocycles. The van der Waals surface area contributed by atoms with E-state index in [1.54, 1.807) is 12.3 Å². The lowest BCUT2D eigenvalue weighted by Gasteiger charge is -2.21. The van der Waals surface area contributed by atoms with Gasteiger partial charge in [-0.1, -0.05) is 91.8 Å². The molecule has 3 aromatic carbocycles. The highest BCUT2D eigenvalue weighted by molar-refractivity contribution is 5.86. The second kappa shape index (κ2) is 11.1. The molecule has 0 aromatic heterocycles. The van der Waals surface area contributed by atoms with Gasteiger partial charge in [-0.15, -0.1) is 0 Å². The van der Waals surface area contributed by atoms with E-state index in [0.717, 1.165) is 23.4 Å². The molecule has 0 aliphatic carbocycles. The molecule has 0 amide bonds. The van der Waals surface area contributed by atoms with Gasteiger partial charge in [-0.3, -0.25) is 4.99 Å². The number of phenolic OH excluding ortho intramolecular Hbond substituents is 1. The summed E-state index contributed by atoms with van der Waals surface area (Å²) in [5.74, 6) is 1.67. The number of rotatable bonds is 8. The predicted molar refractivity (Wildman–Crippen MR) is 152 cm³/mol. The molecule has 0 atom stereocenters. The Balaban J connectivity index is 2.11. The van der Waals surface area contributed by atoms with E-state index in [1.165, 1.54) is 33.4 Å². The Morgan fingerprint density at radius 2 is 1.14 bits per heavy atom. The molecule has 0 heterocycles. The van der Waals surface area contributed by atoms with Crippen LogP contribution in [0.3, 0.4) is 0 Å². The molecule has 0 bridgehead atoms. The van der Waals surface area contributed by atoms with Crippen LogP contribution in [0.4, 0.5) is 11.4 Å². The summed E-state index contributed by atoms with van der Waals surface area (Å²) in [6.07, 6.45) is 2.65. The maximum absolute atomic E-state index is 10.2. The minimum atomic E-state index is 0.246. The average Bonchev–Trinajstić information content (AvgIpc) is 2.79. The highest BCUT2D eigenvalue weighted by atomic mass is 16.3. The molecule has 3 heteroatoms. The van der Waals surface area contributed by atoms with Crippen LogP contribution in [0, 0.1) is 0 Å². The van der Waals surface area contributed by atoms with Crippen molar-refractivity contribution in [3.8, 4) is 5.75 Å². The molecule has 3 rings (SSSR count). The topological polar surface area (TPSA) is 58.6 Å². The Kier molecular flexibility index (Phi) is 8.43. The molecule has 186 valence electrons. The van der Waals surface area contributed by atoms with Gasteiger partial charge in [-0.2, -0.15) is 0 Å². The van der Waals surface area contributed by atoms with E-state index in [-0.39, 0.29) is 5.75 Å². The summed E-state index contributed by atoms with van der Waals surface area (Å²) >= 11 is 0. The SMILES string of the molecule is CC(C)c1cc(Cc2cc(C(C)C)c(/N=C/c3ccccc3O)c(C(C)C)c2)cc(C(C)C)c1N. The van der Waals surface area contributed by atoms with Crippen molar-refractivity contribution in [1.82, 2.24) is 0 Å². The summed E-state index contributed by atoms with van der Waals surface area (Å²) in [4.78, 5) is 4.91. The number of aliphatic imine (C=N–C) groups is 1. The Morgan fingerprint density at radius 1 is 0.714 bits per heavy atom. The third-order valence-electron chi connectivity index (χ3n) is 6.70. The van der Waals surface area contributed by atoms with E-state index in [4.69, 9.17) is 10.7 Å². The fourth-order valence-electron chi connectivity index (χ4n) is 4.66. The first-order valence-corrected chi connectivity index (χ1v) is 12.9. The summed E-state index contributed by atoms with van der Waals surface area (Å²) in [7, 11) is 0. The van der Waals surface area contributed by atoms with Gasteiger partial charge in [0.2, 0.25) is 0 Å². The van der Waals surface area contributed by atoms with Crippen molar-refractivity contribution < 1.29 is 5.11 Å². The van der Waals surface area contributed by atoms with E-state index in [1.807, 2.05) is 18.2 Å². The Bertz CT molecular complexity index is 1140. The van der Waals surface area contributed by atoms with Gasteiger partial charge in [-0.05, 0) is 75.6 Å². The quantitative estimate of drug-likeness (QED) is 0.255. The number of aromatic hydroxyl groups is 1. The normalized spacial score (nSPS) is 12.1.